The molecule has 16 heavy (non-hydrogen) atoms. The Bertz CT molecular complexity index is 248. The highest BCUT2D eigenvalue weighted by molar-refractivity contribution is 5.84. The fourth-order valence-electron chi connectivity index (χ4n) is 1.28. The largest absolute Gasteiger partial charge is 0.396 e. The summed E-state index contributed by atoms with van der Waals surface area (Å²) in [4.78, 5) is 11.6. The number of carbonyl (C=O) groups excluding carboxylic acids is 1. The third-order valence-corrected chi connectivity index (χ3v) is 2.83. The van der Waals surface area contributed by atoms with Crippen LogP contribution >= 0.6 is 0 Å². The Morgan fingerprint density at radius 2 is 2.00 bits per heavy atom. The number of nitriles is 1. The number of hydrogen-bond donors (Lipinski definition) is 2. The Hall–Kier alpha value is -1.08. The predicted molar refractivity (Wildman–Crippen MR) is 62.6 cm³/mol. The molecule has 0 aromatic carbocycles. The van der Waals surface area contributed by atoms with Crippen LogP contribution in [0, 0.1) is 16.7 Å². The van der Waals surface area contributed by atoms with Crippen LogP contribution in [0.2, 0.25) is 0 Å². The first kappa shape index (κ1) is 14.9. The van der Waals surface area contributed by atoms with Crippen molar-refractivity contribution >= 4 is 5.91 Å². The van der Waals surface area contributed by atoms with Crippen LogP contribution in [-0.2, 0) is 4.79 Å². The minimum Gasteiger partial charge on any atom is -0.396 e. The lowest BCUT2D eigenvalue weighted by molar-refractivity contribution is -0.127. The minimum absolute atomic E-state index is 0.181. The zero-order valence-electron chi connectivity index (χ0n) is 10.3. The van der Waals surface area contributed by atoms with Crippen molar-refractivity contribution in [1.29, 1.82) is 5.26 Å². The van der Waals surface area contributed by atoms with Gasteiger partial charge in [-0.05, 0) is 26.2 Å². The van der Waals surface area contributed by atoms with Gasteiger partial charge in [0.1, 0.15) is 5.41 Å². The van der Waals surface area contributed by atoms with Gasteiger partial charge in [-0.1, -0.05) is 19.8 Å². The van der Waals surface area contributed by atoms with Gasteiger partial charge in [0.2, 0.25) is 5.91 Å². The molecule has 0 aromatic rings. The molecule has 0 spiro atoms. The summed E-state index contributed by atoms with van der Waals surface area (Å²) >= 11 is 0. The Morgan fingerprint density at radius 1 is 1.38 bits per heavy atom. The van der Waals surface area contributed by atoms with Crippen molar-refractivity contribution in [2.45, 2.75) is 46.0 Å². The third-order valence-electron chi connectivity index (χ3n) is 2.83. The summed E-state index contributed by atoms with van der Waals surface area (Å²) in [7, 11) is 0. The summed E-state index contributed by atoms with van der Waals surface area (Å²) in [6.07, 6.45) is 4.22. The first-order chi connectivity index (χ1) is 7.60. The second-order valence-electron chi connectivity index (χ2n) is 4.19. The molecule has 0 aliphatic rings. The molecule has 0 aliphatic heterocycles. The van der Waals surface area contributed by atoms with Crippen LogP contribution in [0.3, 0.4) is 0 Å². The Kier molecular flexibility index (Phi) is 7.57. The van der Waals surface area contributed by atoms with E-state index in [-0.39, 0.29) is 12.5 Å². The number of aliphatic hydroxyl groups is 1. The van der Waals surface area contributed by atoms with Gasteiger partial charge >= 0.3 is 0 Å². The van der Waals surface area contributed by atoms with E-state index >= 15 is 0 Å². The highest BCUT2D eigenvalue weighted by atomic mass is 16.2. The van der Waals surface area contributed by atoms with Gasteiger partial charge < -0.3 is 10.4 Å². The van der Waals surface area contributed by atoms with E-state index in [1.165, 1.54) is 0 Å². The Labute approximate surface area is 97.7 Å². The van der Waals surface area contributed by atoms with Crippen molar-refractivity contribution in [3.05, 3.63) is 0 Å². The molecular formula is C12H22N2O2. The molecule has 0 rings (SSSR count). The molecule has 0 fully saturated rings. The van der Waals surface area contributed by atoms with Crippen LogP contribution in [0.15, 0.2) is 0 Å². The fourth-order valence-corrected chi connectivity index (χ4v) is 1.28. The Morgan fingerprint density at radius 3 is 2.50 bits per heavy atom. The summed E-state index contributed by atoms with van der Waals surface area (Å²) in [6, 6.07) is 2.04. The van der Waals surface area contributed by atoms with Crippen molar-refractivity contribution in [1.82, 2.24) is 5.32 Å². The van der Waals surface area contributed by atoms with Gasteiger partial charge in [-0.2, -0.15) is 5.26 Å². The zero-order valence-corrected chi connectivity index (χ0v) is 10.3. The van der Waals surface area contributed by atoms with Gasteiger partial charge in [-0.3, -0.25) is 4.79 Å². The van der Waals surface area contributed by atoms with Gasteiger partial charge in [0.15, 0.2) is 0 Å². The van der Waals surface area contributed by atoms with E-state index in [9.17, 15) is 4.79 Å². The molecule has 0 radical (unpaired) electrons. The number of rotatable bonds is 8. The summed E-state index contributed by atoms with van der Waals surface area (Å²) in [6.45, 7) is 4.34. The van der Waals surface area contributed by atoms with Gasteiger partial charge in [-0.25, -0.2) is 0 Å². The van der Waals surface area contributed by atoms with E-state index in [2.05, 4.69) is 5.32 Å². The smallest absolute Gasteiger partial charge is 0.240 e. The SMILES string of the molecule is CCC(C)(C#N)C(=O)NCCCCCCO. The molecule has 1 unspecified atom stereocenters. The molecule has 0 bridgehead atoms. The van der Waals surface area contributed by atoms with Crippen molar-refractivity contribution in [3.8, 4) is 6.07 Å². The normalized spacial score (nSPS) is 13.9. The molecule has 0 saturated carbocycles. The van der Waals surface area contributed by atoms with Gasteiger partial charge in [-0.15, -0.1) is 0 Å². The van der Waals surface area contributed by atoms with E-state index in [0.29, 0.717) is 13.0 Å². The standard InChI is InChI=1S/C12H22N2O2/c1-3-12(2,10-13)11(16)14-8-6-4-5-7-9-15/h15H,3-9H2,1-2H3,(H,14,16). The summed E-state index contributed by atoms with van der Waals surface area (Å²) in [5, 5.41) is 20.2. The second-order valence-corrected chi connectivity index (χ2v) is 4.19. The molecule has 1 amide bonds. The molecule has 0 aromatic heterocycles. The second kappa shape index (κ2) is 8.12. The van der Waals surface area contributed by atoms with Crippen LogP contribution in [0.1, 0.15) is 46.0 Å². The topological polar surface area (TPSA) is 73.1 Å². The monoisotopic (exact) mass is 226 g/mol. The van der Waals surface area contributed by atoms with E-state index in [1.807, 2.05) is 13.0 Å². The summed E-state index contributed by atoms with van der Waals surface area (Å²) in [5.41, 5.74) is -0.898. The van der Waals surface area contributed by atoms with E-state index in [4.69, 9.17) is 10.4 Å². The highest BCUT2D eigenvalue weighted by Gasteiger charge is 2.30. The first-order valence-corrected chi connectivity index (χ1v) is 5.91. The van der Waals surface area contributed by atoms with Crippen molar-refractivity contribution in [2.24, 2.45) is 5.41 Å². The Balaban J connectivity index is 3.70. The average molecular weight is 226 g/mol. The van der Waals surface area contributed by atoms with Crippen molar-refractivity contribution in [3.63, 3.8) is 0 Å². The van der Waals surface area contributed by atoms with E-state index in [1.54, 1.807) is 6.92 Å². The van der Waals surface area contributed by atoms with Crippen molar-refractivity contribution in [2.75, 3.05) is 13.2 Å². The third kappa shape index (κ3) is 5.13. The maximum absolute atomic E-state index is 11.6. The number of nitrogens with one attached hydrogen (secondary N) is 1. The lowest BCUT2D eigenvalue weighted by atomic mass is 9.88. The number of hydrogen-bond acceptors (Lipinski definition) is 3. The first-order valence-electron chi connectivity index (χ1n) is 5.91. The van der Waals surface area contributed by atoms with Crippen LogP contribution in [0.5, 0.6) is 0 Å². The van der Waals surface area contributed by atoms with Gasteiger partial charge in [0.05, 0.1) is 6.07 Å². The number of aliphatic hydroxyl groups excluding tert-OH is 1. The maximum Gasteiger partial charge on any atom is 0.240 e. The summed E-state index contributed by atoms with van der Waals surface area (Å²) in [5.74, 6) is -0.181. The molecule has 1 atom stereocenters. The fraction of sp³-hybridized carbons (Fsp3) is 0.833. The quantitative estimate of drug-likeness (QED) is 0.617. The minimum atomic E-state index is -0.898. The van der Waals surface area contributed by atoms with Crippen molar-refractivity contribution < 1.29 is 9.90 Å². The number of amides is 1. The maximum atomic E-state index is 11.6. The number of carbonyl (C=O) groups is 1. The van der Waals surface area contributed by atoms with Gasteiger partial charge in [0, 0.05) is 13.2 Å². The molecule has 4 heteroatoms. The molecule has 92 valence electrons. The average Bonchev–Trinajstić information content (AvgIpc) is 2.32. The lowest BCUT2D eigenvalue weighted by Gasteiger charge is -2.18. The number of unbranched alkanes of at least 4 members (excludes halogenated alkanes) is 3. The molecule has 0 saturated heterocycles. The van der Waals surface area contributed by atoms with Crippen LogP contribution in [0.4, 0.5) is 0 Å². The summed E-state index contributed by atoms with van der Waals surface area (Å²) < 4.78 is 0. The van der Waals surface area contributed by atoms with E-state index in [0.717, 1.165) is 25.7 Å². The molecular weight excluding hydrogens is 204 g/mol. The molecule has 4 nitrogen and oxygen atoms in total. The molecule has 0 heterocycles. The van der Waals surface area contributed by atoms with Crippen LogP contribution < -0.4 is 5.32 Å². The molecule has 0 aliphatic carbocycles. The number of nitrogens with zero attached hydrogens (tertiary/aromatic N) is 1. The predicted octanol–water partition coefficient (Wildman–Crippen LogP) is 1.60. The van der Waals surface area contributed by atoms with Crippen LogP contribution in [0.25, 0.3) is 0 Å². The van der Waals surface area contributed by atoms with E-state index < -0.39 is 5.41 Å². The molecule has 2 N–H and O–H groups in total. The van der Waals surface area contributed by atoms with Gasteiger partial charge in [0.25, 0.3) is 0 Å². The highest BCUT2D eigenvalue weighted by Crippen LogP contribution is 2.19. The van der Waals surface area contributed by atoms with Crippen LogP contribution in [-0.4, -0.2) is 24.2 Å². The lowest BCUT2D eigenvalue weighted by Crippen LogP contribution is -2.38. The zero-order chi connectivity index (χ0) is 12.4.